The summed E-state index contributed by atoms with van der Waals surface area (Å²) in [5.41, 5.74) is 1.18. The Morgan fingerprint density at radius 1 is 1.45 bits per heavy atom. The average molecular weight is 390 g/mol. The molecule has 1 fully saturated rings. The van der Waals surface area contributed by atoms with Crippen molar-refractivity contribution in [2.75, 3.05) is 18.0 Å². The van der Waals surface area contributed by atoms with Crippen LogP contribution < -0.4 is 10.2 Å². The third-order valence-electron chi connectivity index (χ3n) is 3.95. The zero-order valence-corrected chi connectivity index (χ0v) is 14.7. The van der Waals surface area contributed by atoms with Gasteiger partial charge in [-0.25, -0.2) is 4.39 Å². The number of halogens is 2. The van der Waals surface area contributed by atoms with Crippen molar-refractivity contribution in [1.29, 1.82) is 0 Å². The number of hydrogen-bond acceptors (Lipinski definition) is 2. The van der Waals surface area contributed by atoms with Crippen molar-refractivity contribution >= 4 is 28.3 Å². The van der Waals surface area contributed by atoms with Crippen LogP contribution in [0.15, 0.2) is 18.2 Å². The van der Waals surface area contributed by atoms with Gasteiger partial charge in [0.05, 0.1) is 5.69 Å². The Labute approximate surface area is 135 Å². The van der Waals surface area contributed by atoms with E-state index in [0.717, 1.165) is 23.1 Å². The molecular formula is C16H24FIN2. The van der Waals surface area contributed by atoms with Crippen molar-refractivity contribution in [2.24, 2.45) is 5.92 Å². The van der Waals surface area contributed by atoms with Crippen LogP contribution in [0.1, 0.15) is 33.6 Å². The van der Waals surface area contributed by atoms with Crippen LogP contribution in [0.3, 0.4) is 0 Å². The second kappa shape index (κ2) is 7.07. The summed E-state index contributed by atoms with van der Waals surface area (Å²) in [5.74, 6) is 0.542. The van der Waals surface area contributed by atoms with E-state index in [0.29, 0.717) is 18.0 Å². The van der Waals surface area contributed by atoms with Crippen LogP contribution in [0, 0.1) is 15.3 Å². The van der Waals surface area contributed by atoms with E-state index in [1.807, 2.05) is 6.07 Å². The van der Waals surface area contributed by atoms with E-state index in [9.17, 15) is 4.39 Å². The molecule has 2 atom stereocenters. The fourth-order valence-corrected chi connectivity index (χ4v) is 3.75. The SMILES string of the molecule is CCC1CNC(CC(C)C)CN1c1ccc(F)cc1I. The van der Waals surface area contributed by atoms with Gasteiger partial charge in [0.25, 0.3) is 0 Å². The number of hydrogen-bond donors (Lipinski definition) is 1. The molecule has 20 heavy (non-hydrogen) atoms. The van der Waals surface area contributed by atoms with Crippen molar-refractivity contribution < 1.29 is 4.39 Å². The lowest BCUT2D eigenvalue weighted by Crippen LogP contribution is -2.57. The van der Waals surface area contributed by atoms with Gasteiger partial charge in [0.15, 0.2) is 0 Å². The fourth-order valence-electron chi connectivity index (χ4n) is 2.96. The third kappa shape index (κ3) is 3.85. The normalized spacial score (nSPS) is 23.4. The molecular weight excluding hydrogens is 366 g/mol. The zero-order chi connectivity index (χ0) is 14.7. The van der Waals surface area contributed by atoms with Crippen LogP contribution in [0.2, 0.25) is 0 Å². The number of nitrogens with zero attached hydrogens (tertiary/aromatic N) is 1. The summed E-state index contributed by atoms with van der Waals surface area (Å²) >= 11 is 2.25. The Balaban J connectivity index is 2.20. The largest absolute Gasteiger partial charge is 0.365 e. The minimum absolute atomic E-state index is 0.153. The molecule has 1 aliphatic heterocycles. The Hall–Kier alpha value is -0.360. The van der Waals surface area contributed by atoms with Gasteiger partial charge in [0, 0.05) is 28.7 Å². The maximum atomic E-state index is 13.3. The molecule has 0 aliphatic carbocycles. The number of piperazine rings is 1. The minimum atomic E-state index is -0.153. The van der Waals surface area contributed by atoms with E-state index in [1.165, 1.54) is 12.1 Å². The van der Waals surface area contributed by atoms with Gasteiger partial charge in [-0.2, -0.15) is 0 Å². The molecule has 2 nitrogen and oxygen atoms in total. The molecule has 0 radical (unpaired) electrons. The van der Waals surface area contributed by atoms with Crippen LogP contribution in [0.4, 0.5) is 10.1 Å². The second-order valence-electron chi connectivity index (χ2n) is 6.04. The van der Waals surface area contributed by atoms with Gasteiger partial charge in [-0.05, 0) is 59.5 Å². The molecule has 1 aromatic carbocycles. The van der Waals surface area contributed by atoms with E-state index < -0.39 is 0 Å². The Morgan fingerprint density at radius 3 is 2.80 bits per heavy atom. The summed E-state index contributed by atoms with van der Waals surface area (Å²) in [6, 6.07) is 6.15. The molecule has 2 unspecified atom stereocenters. The van der Waals surface area contributed by atoms with Crippen LogP contribution in [-0.4, -0.2) is 25.2 Å². The average Bonchev–Trinajstić information content (AvgIpc) is 2.38. The maximum absolute atomic E-state index is 13.3. The highest BCUT2D eigenvalue weighted by atomic mass is 127. The standard InChI is InChI=1S/C16H24FIN2/c1-4-14-9-19-13(7-11(2)3)10-20(14)16-6-5-12(17)8-15(16)18/h5-6,8,11,13-14,19H,4,7,9-10H2,1-3H3. The number of anilines is 1. The van der Waals surface area contributed by atoms with Crippen molar-refractivity contribution in [1.82, 2.24) is 5.32 Å². The smallest absolute Gasteiger partial charge is 0.124 e. The maximum Gasteiger partial charge on any atom is 0.124 e. The molecule has 1 N–H and O–H groups in total. The second-order valence-corrected chi connectivity index (χ2v) is 7.21. The molecule has 1 aliphatic rings. The first-order valence-corrected chi connectivity index (χ1v) is 8.54. The highest BCUT2D eigenvalue weighted by Gasteiger charge is 2.28. The highest BCUT2D eigenvalue weighted by Crippen LogP contribution is 2.28. The van der Waals surface area contributed by atoms with E-state index >= 15 is 0 Å². The lowest BCUT2D eigenvalue weighted by molar-refractivity contribution is 0.343. The molecule has 1 heterocycles. The molecule has 1 saturated heterocycles. The van der Waals surface area contributed by atoms with Gasteiger partial charge in [0.2, 0.25) is 0 Å². The summed E-state index contributed by atoms with van der Waals surface area (Å²) in [4.78, 5) is 2.46. The predicted molar refractivity (Wildman–Crippen MR) is 91.8 cm³/mol. The lowest BCUT2D eigenvalue weighted by atomic mass is 9.98. The Morgan fingerprint density at radius 2 is 2.20 bits per heavy atom. The van der Waals surface area contributed by atoms with Gasteiger partial charge in [0.1, 0.15) is 5.82 Å². The van der Waals surface area contributed by atoms with E-state index in [1.54, 1.807) is 12.1 Å². The van der Waals surface area contributed by atoms with Crippen LogP contribution in [-0.2, 0) is 0 Å². The number of nitrogens with one attached hydrogen (secondary N) is 1. The monoisotopic (exact) mass is 390 g/mol. The molecule has 0 aromatic heterocycles. The van der Waals surface area contributed by atoms with Gasteiger partial charge in [-0.15, -0.1) is 0 Å². The van der Waals surface area contributed by atoms with Gasteiger partial charge >= 0.3 is 0 Å². The topological polar surface area (TPSA) is 15.3 Å². The van der Waals surface area contributed by atoms with E-state index in [2.05, 4.69) is 53.6 Å². The first-order valence-electron chi connectivity index (χ1n) is 7.46. The first-order chi connectivity index (χ1) is 9.51. The third-order valence-corrected chi connectivity index (χ3v) is 4.81. The van der Waals surface area contributed by atoms with Gasteiger partial charge < -0.3 is 10.2 Å². The highest BCUT2D eigenvalue weighted by molar-refractivity contribution is 14.1. The predicted octanol–water partition coefficient (Wildman–Crippen LogP) is 4.03. The van der Waals surface area contributed by atoms with Crippen LogP contribution in [0.5, 0.6) is 0 Å². The van der Waals surface area contributed by atoms with Crippen LogP contribution >= 0.6 is 22.6 Å². The zero-order valence-electron chi connectivity index (χ0n) is 12.5. The van der Waals surface area contributed by atoms with Crippen molar-refractivity contribution in [3.63, 3.8) is 0 Å². The lowest BCUT2D eigenvalue weighted by Gasteiger charge is -2.42. The van der Waals surface area contributed by atoms with Gasteiger partial charge in [-0.3, -0.25) is 0 Å². The molecule has 112 valence electrons. The minimum Gasteiger partial charge on any atom is -0.365 e. The fraction of sp³-hybridized carbons (Fsp3) is 0.625. The summed E-state index contributed by atoms with van der Waals surface area (Å²) in [5, 5.41) is 3.66. The molecule has 0 bridgehead atoms. The molecule has 0 amide bonds. The van der Waals surface area contributed by atoms with Crippen molar-refractivity contribution in [3.05, 3.63) is 27.6 Å². The van der Waals surface area contributed by atoms with E-state index in [4.69, 9.17) is 0 Å². The Kier molecular flexibility index (Phi) is 5.66. The summed E-state index contributed by atoms with van der Waals surface area (Å²) in [6.07, 6.45) is 2.29. The summed E-state index contributed by atoms with van der Waals surface area (Å²) in [7, 11) is 0. The molecule has 0 spiro atoms. The quantitative estimate of drug-likeness (QED) is 0.781. The molecule has 0 saturated carbocycles. The van der Waals surface area contributed by atoms with Crippen molar-refractivity contribution in [2.45, 2.75) is 45.7 Å². The number of benzene rings is 1. The summed E-state index contributed by atoms with van der Waals surface area (Å²) < 4.78 is 14.3. The van der Waals surface area contributed by atoms with Crippen LogP contribution in [0.25, 0.3) is 0 Å². The van der Waals surface area contributed by atoms with Gasteiger partial charge in [-0.1, -0.05) is 20.8 Å². The first kappa shape index (κ1) is 16.0. The molecule has 4 heteroatoms. The molecule has 2 rings (SSSR count). The molecule has 1 aromatic rings. The Bertz CT molecular complexity index is 450. The number of rotatable bonds is 4. The van der Waals surface area contributed by atoms with Crippen molar-refractivity contribution in [3.8, 4) is 0 Å². The van der Waals surface area contributed by atoms with E-state index in [-0.39, 0.29) is 5.82 Å². The summed E-state index contributed by atoms with van der Waals surface area (Å²) in [6.45, 7) is 8.78.